The fourth-order valence-corrected chi connectivity index (χ4v) is 3.68. The number of carbonyl (C=O) groups excluding carboxylic acids is 1. The monoisotopic (exact) mass is 299 g/mol. The summed E-state index contributed by atoms with van der Waals surface area (Å²) in [6.07, 6.45) is 5.84. The van der Waals surface area contributed by atoms with Gasteiger partial charge in [0.05, 0.1) is 5.56 Å². The minimum absolute atomic E-state index is 0.0570. The topological polar surface area (TPSA) is 46.1 Å². The van der Waals surface area contributed by atoms with Crippen molar-refractivity contribution in [3.8, 4) is 0 Å². The molecule has 1 saturated heterocycles. The van der Waals surface area contributed by atoms with Gasteiger partial charge < -0.3 is 4.90 Å². The van der Waals surface area contributed by atoms with Gasteiger partial charge in [0.1, 0.15) is 0 Å². The molecule has 4 nitrogen and oxygen atoms in total. The molecule has 1 aliphatic carbocycles. The summed E-state index contributed by atoms with van der Waals surface area (Å²) in [5, 5.41) is 7.70. The normalized spacial score (nSPS) is 26.3. The molecule has 0 aromatic carbocycles. The highest BCUT2D eigenvalue weighted by Gasteiger charge is 2.38. The molecule has 2 aliphatic rings. The Hall–Kier alpha value is -0.870. The molecule has 0 spiro atoms. The molecule has 6 heteroatoms. The van der Waals surface area contributed by atoms with E-state index >= 15 is 0 Å². The first-order valence-electron chi connectivity index (χ1n) is 6.66. The van der Waals surface area contributed by atoms with E-state index in [1.807, 2.05) is 4.90 Å². The van der Waals surface area contributed by atoms with Crippen LogP contribution in [0.3, 0.4) is 0 Å². The first-order chi connectivity index (χ1) is 9.16. The molecule has 1 aromatic heterocycles. The third-order valence-electron chi connectivity index (χ3n) is 4.20. The van der Waals surface area contributed by atoms with Gasteiger partial charge in [-0.15, -0.1) is 10.2 Å². The van der Waals surface area contributed by atoms with Crippen LogP contribution in [-0.4, -0.2) is 33.6 Å². The van der Waals surface area contributed by atoms with Gasteiger partial charge in [-0.25, -0.2) is 0 Å². The van der Waals surface area contributed by atoms with Crippen LogP contribution in [0.4, 0.5) is 0 Å². The molecule has 0 radical (unpaired) electrons. The highest BCUT2D eigenvalue weighted by Crippen LogP contribution is 2.37. The number of halogens is 2. The van der Waals surface area contributed by atoms with Crippen LogP contribution in [0.5, 0.6) is 0 Å². The Kier molecular flexibility index (Phi) is 3.63. The van der Waals surface area contributed by atoms with Gasteiger partial charge in [0.25, 0.3) is 5.91 Å². The van der Waals surface area contributed by atoms with Gasteiger partial charge in [-0.3, -0.25) is 4.79 Å². The third kappa shape index (κ3) is 2.43. The van der Waals surface area contributed by atoms with Gasteiger partial charge in [0, 0.05) is 12.6 Å². The number of aromatic nitrogens is 2. The zero-order valence-corrected chi connectivity index (χ0v) is 12.0. The van der Waals surface area contributed by atoms with E-state index in [2.05, 4.69) is 10.2 Å². The zero-order valence-electron chi connectivity index (χ0n) is 10.5. The van der Waals surface area contributed by atoms with Crippen LogP contribution < -0.4 is 0 Å². The number of amides is 1. The Morgan fingerprint density at radius 2 is 2.00 bits per heavy atom. The molecule has 1 aliphatic heterocycles. The van der Waals surface area contributed by atoms with Crippen LogP contribution in [0, 0.1) is 5.92 Å². The molecule has 2 unspecified atom stereocenters. The van der Waals surface area contributed by atoms with Crippen LogP contribution in [-0.2, 0) is 0 Å². The van der Waals surface area contributed by atoms with Crippen LogP contribution >= 0.6 is 23.2 Å². The van der Waals surface area contributed by atoms with E-state index in [4.69, 9.17) is 23.2 Å². The maximum atomic E-state index is 12.6. The number of nitrogens with zero attached hydrogens (tertiary/aromatic N) is 3. The molecule has 1 amide bonds. The number of fused-ring (bicyclic) bond motifs is 1. The summed E-state index contributed by atoms with van der Waals surface area (Å²) in [4.78, 5) is 14.6. The fraction of sp³-hybridized carbons (Fsp3) is 0.615. The van der Waals surface area contributed by atoms with Crippen molar-refractivity contribution in [2.45, 2.75) is 38.1 Å². The molecule has 1 saturated carbocycles. The Morgan fingerprint density at radius 3 is 2.84 bits per heavy atom. The average Bonchev–Trinajstić information content (AvgIpc) is 2.89. The van der Waals surface area contributed by atoms with Crippen LogP contribution in [0.2, 0.25) is 10.3 Å². The fourth-order valence-electron chi connectivity index (χ4n) is 3.36. The highest BCUT2D eigenvalue weighted by molar-refractivity contribution is 6.34. The number of hydrogen-bond donors (Lipinski definition) is 0. The Balaban J connectivity index is 1.88. The molecule has 0 N–H and O–H groups in total. The van der Waals surface area contributed by atoms with E-state index in [1.165, 1.54) is 25.3 Å². The number of carbonyl (C=O) groups is 1. The van der Waals surface area contributed by atoms with Crippen molar-refractivity contribution in [3.63, 3.8) is 0 Å². The molecule has 19 heavy (non-hydrogen) atoms. The quantitative estimate of drug-likeness (QED) is 0.800. The van der Waals surface area contributed by atoms with Gasteiger partial charge in [-0.2, -0.15) is 0 Å². The van der Waals surface area contributed by atoms with E-state index in [-0.39, 0.29) is 16.2 Å². The second-order valence-corrected chi connectivity index (χ2v) is 6.02. The maximum absolute atomic E-state index is 12.6. The maximum Gasteiger partial charge on any atom is 0.257 e. The lowest BCUT2D eigenvalue weighted by Gasteiger charge is -2.37. The van der Waals surface area contributed by atoms with Crippen molar-refractivity contribution in [1.82, 2.24) is 15.1 Å². The molecular weight excluding hydrogens is 285 g/mol. The van der Waals surface area contributed by atoms with Crippen molar-refractivity contribution in [2.24, 2.45) is 5.92 Å². The minimum Gasteiger partial charge on any atom is -0.335 e. The molecule has 2 fully saturated rings. The summed E-state index contributed by atoms with van der Waals surface area (Å²) in [6, 6.07) is 1.88. The minimum atomic E-state index is -0.0570. The van der Waals surface area contributed by atoms with Crippen molar-refractivity contribution in [3.05, 3.63) is 21.9 Å². The SMILES string of the molecule is O=C(c1cc(Cl)nnc1Cl)N1CCCC2CCCC21. The molecule has 2 atom stereocenters. The van der Waals surface area contributed by atoms with Gasteiger partial charge in [0.15, 0.2) is 10.3 Å². The summed E-state index contributed by atoms with van der Waals surface area (Å²) in [6.45, 7) is 0.802. The zero-order chi connectivity index (χ0) is 13.4. The number of likely N-dealkylation sites (tertiary alicyclic amines) is 1. The van der Waals surface area contributed by atoms with Crippen molar-refractivity contribution >= 4 is 29.1 Å². The number of piperidine rings is 1. The standard InChI is InChI=1S/C13H15Cl2N3O/c14-11-7-9(12(15)17-16-11)13(19)18-6-2-4-8-3-1-5-10(8)18/h7-8,10H,1-6H2. The lowest BCUT2D eigenvalue weighted by atomic mass is 9.91. The van der Waals surface area contributed by atoms with Crippen LogP contribution in [0.1, 0.15) is 42.5 Å². The smallest absolute Gasteiger partial charge is 0.257 e. The molecule has 1 aromatic rings. The van der Waals surface area contributed by atoms with E-state index in [0.717, 1.165) is 19.4 Å². The van der Waals surface area contributed by atoms with Crippen LogP contribution in [0.25, 0.3) is 0 Å². The molecule has 3 rings (SSSR count). The molecule has 102 valence electrons. The molecule has 2 heterocycles. The predicted octanol–water partition coefficient (Wildman–Crippen LogP) is 3.19. The van der Waals surface area contributed by atoms with E-state index in [0.29, 0.717) is 17.5 Å². The van der Waals surface area contributed by atoms with Crippen molar-refractivity contribution in [2.75, 3.05) is 6.54 Å². The van der Waals surface area contributed by atoms with Gasteiger partial charge >= 0.3 is 0 Å². The molecule has 0 bridgehead atoms. The lowest BCUT2D eigenvalue weighted by Crippen LogP contribution is -2.46. The summed E-state index contributed by atoms with van der Waals surface area (Å²) in [5.41, 5.74) is 0.370. The third-order valence-corrected chi connectivity index (χ3v) is 4.67. The Morgan fingerprint density at radius 1 is 1.21 bits per heavy atom. The van der Waals surface area contributed by atoms with E-state index in [1.54, 1.807) is 0 Å². The second kappa shape index (κ2) is 5.25. The summed E-state index contributed by atoms with van der Waals surface area (Å²) < 4.78 is 0. The van der Waals surface area contributed by atoms with Crippen molar-refractivity contribution in [1.29, 1.82) is 0 Å². The average molecular weight is 300 g/mol. The molecular formula is C13H15Cl2N3O. The van der Waals surface area contributed by atoms with Gasteiger partial charge in [-0.05, 0) is 37.7 Å². The van der Waals surface area contributed by atoms with Crippen LogP contribution in [0.15, 0.2) is 6.07 Å². The van der Waals surface area contributed by atoms with Gasteiger partial charge in [0.2, 0.25) is 0 Å². The van der Waals surface area contributed by atoms with Gasteiger partial charge in [-0.1, -0.05) is 29.6 Å². The van der Waals surface area contributed by atoms with E-state index < -0.39 is 0 Å². The Bertz CT molecular complexity index is 509. The summed E-state index contributed by atoms with van der Waals surface area (Å²) in [7, 11) is 0. The second-order valence-electron chi connectivity index (χ2n) is 5.27. The first-order valence-corrected chi connectivity index (χ1v) is 7.42. The highest BCUT2D eigenvalue weighted by atomic mass is 35.5. The lowest BCUT2D eigenvalue weighted by molar-refractivity contribution is 0.0548. The Labute approximate surface area is 122 Å². The summed E-state index contributed by atoms with van der Waals surface area (Å²) >= 11 is 11.8. The number of rotatable bonds is 1. The largest absolute Gasteiger partial charge is 0.335 e. The number of hydrogen-bond acceptors (Lipinski definition) is 3. The van der Waals surface area contributed by atoms with E-state index in [9.17, 15) is 4.79 Å². The summed E-state index contributed by atoms with van der Waals surface area (Å²) in [5.74, 6) is 0.597. The first kappa shape index (κ1) is 13.1. The van der Waals surface area contributed by atoms with Crippen molar-refractivity contribution < 1.29 is 4.79 Å². The predicted molar refractivity (Wildman–Crippen MR) is 73.5 cm³/mol.